The highest BCUT2D eigenvalue weighted by molar-refractivity contribution is 7.00. The molecule has 0 bridgehead atoms. The Hall–Kier alpha value is -4.64. The van der Waals surface area contributed by atoms with Crippen LogP contribution in [0.4, 0.5) is 34.1 Å². The number of rotatable bonds is 5. The van der Waals surface area contributed by atoms with Crippen LogP contribution in [0.2, 0.25) is 0 Å². The van der Waals surface area contributed by atoms with Crippen molar-refractivity contribution in [1.29, 1.82) is 0 Å². The van der Waals surface area contributed by atoms with E-state index in [-0.39, 0.29) is 6.71 Å². The molecule has 1 fully saturated rings. The first-order valence-corrected chi connectivity index (χ1v) is 15.5. The van der Waals surface area contributed by atoms with Crippen LogP contribution in [-0.4, -0.2) is 20.9 Å². The molecule has 2 aliphatic heterocycles. The van der Waals surface area contributed by atoms with Gasteiger partial charge in [-0.05, 0) is 114 Å². The van der Waals surface area contributed by atoms with Gasteiger partial charge < -0.3 is 19.3 Å². The molecule has 5 heteroatoms. The lowest BCUT2D eigenvalue weighted by atomic mass is 9.33. The summed E-state index contributed by atoms with van der Waals surface area (Å²) in [6, 6.07) is 39.9. The van der Waals surface area contributed by atoms with Crippen LogP contribution in [0.15, 0.2) is 109 Å². The van der Waals surface area contributed by atoms with Crippen molar-refractivity contribution in [1.82, 2.24) is 0 Å². The molecule has 0 aromatic heterocycles. The van der Waals surface area contributed by atoms with Gasteiger partial charge >= 0.3 is 0 Å². The quantitative estimate of drug-likeness (QED) is 0.200. The van der Waals surface area contributed by atoms with Gasteiger partial charge in [-0.1, -0.05) is 55.7 Å². The first-order chi connectivity index (χ1) is 21.2. The normalized spacial score (nSPS) is 15.4. The van der Waals surface area contributed by atoms with E-state index in [0.717, 1.165) is 17.2 Å². The molecule has 1 saturated carbocycles. The van der Waals surface area contributed by atoms with Gasteiger partial charge in [0.1, 0.15) is 11.5 Å². The number of fused-ring (bicyclic) bond motifs is 4. The highest BCUT2D eigenvalue weighted by Gasteiger charge is 2.43. The third-order valence-corrected chi connectivity index (χ3v) is 9.66. The van der Waals surface area contributed by atoms with Crippen LogP contribution in [0, 0.1) is 0 Å². The van der Waals surface area contributed by atoms with E-state index in [0.29, 0.717) is 5.92 Å². The second-order valence-corrected chi connectivity index (χ2v) is 11.9. The Morgan fingerprint density at radius 1 is 0.558 bits per heavy atom. The summed E-state index contributed by atoms with van der Waals surface area (Å²) in [5, 5.41) is 0. The molecule has 4 nitrogen and oxygen atoms in total. The van der Waals surface area contributed by atoms with E-state index in [2.05, 4.69) is 107 Å². The number of methoxy groups -OCH3 is 2. The van der Waals surface area contributed by atoms with E-state index in [9.17, 15) is 0 Å². The molecule has 0 unspecified atom stereocenters. The van der Waals surface area contributed by atoms with Crippen molar-refractivity contribution in [2.75, 3.05) is 24.0 Å². The van der Waals surface area contributed by atoms with Crippen molar-refractivity contribution >= 4 is 57.2 Å². The number of para-hydroxylation sites is 1. The lowest BCUT2D eigenvalue weighted by molar-refractivity contribution is 0.415. The standard InChI is InChI=1S/C38H35BN2O2/c1-42-30-21-19-29(20-22-30)41-35-24-23-31(43-2)25-33(35)39-32-11-6-7-12-34(32)40(36-13-8-14-37(41)38(36)39)28-17-15-27(16-18-28)26-9-4-3-5-10-26/h6-8,11-26H,3-5,9-10H2,1-2H3. The average molecular weight is 563 g/mol. The minimum atomic E-state index is 0.0831. The number of ether oxygens (including phenoxy) is 2. The number of hydrogen-bond donors (Lipinski definition) is 0. The summed E-state index contributed by atoms with van der Waals surface area (Å²) in [5.41, 5.74) is 12.5. The molecular formula is C38H35BN2O2. The minimum Gasteiger partial charge on any atom is -0.497 e. The molecule has 8 rings (SSSR count). The third-order valence-electron chi connectivity index (χ3n) is 9.66. The monoisotopic (exact) mass is 562 g/mol. The largest absolute Gasteiger partial charge is 0.497 e. The molecule has 1 aliphatic carbocycles. The highest BCUT2D eigenvalue weighted by Crippen LogP contribution is 2.44. The van der Waals surface area contributed by atoms with E-state index >= 15 is 0 Å². The summed E-state index contributed by atoms with van der Waals surface area (Å²) in [6.07, 6.45) is 6.69. The summed E-state index contributed by atoms with van der Waals surface area (Å²) in [4.78, 5) is 4.86. The van der Waals surface area contributed by atoms with Crippen LogP contribution in [0.1, 0.15) is 43.6 Å². The van der Waals surface area contributed by atoms with Gasteiger partial charge in [0, 0.05) is 34.1 Å². The maximum Gasteiger partial charge on any atom is 0.252 e. The SMILES string of the molecule is COc1ccc(N2c3ccc(OC)cc3B3c4ccccc4N(c4ccc(C5CCCCC5)cc4)c4cccc2c43)cc1. The number of anilines is 6. The van der Waals surface area contributed by atoms with Crippen LogP contribution in [0.3, 0.4) is 0 Å². The Bertz CT molecular complexity index is 1790. The van der Waals surface area contributed by atoms with Crippen molar-refractivity contribution in [3.63, 3.8) is 0 Å². The molecule has 0 N–H and O–H groups in total. The summed E-state index contributed by atoms with van der Waals surface area (Å²) >= 11 is 0. The topological polar surface area (TPSA) is 24.9 Å². The van der Waals surface area contributed by atoms with Gasteiger partial charge in [0.25, 0.3) is 6.71 Å². The molecule has 0 amide bonds. The zero-order chi connectivity index (χ0) is 28.9. The summed E-state index contributed by atoms with van der Waals surface area (Å²) < 4.78 is 11.3. The molecule has 5 aromatic carbocycles. The molecular weight excluding hydrogens is 527 g/mol. The van der Waals surface area contributed by atoms with Gasteiger partial charge in [-0.25, -0.2) is 0 Å². The molecule has 0 saturated heterocycles. The van der Waals surface area contributed by atoms with Crippen LogP contribution in [0.5, 0.6) is 11.5 Å². The number of benzene rings is 5. The molecule has 0 radical (unpaired) electrons. The van der Waals surface area contributed by atoms with Gasteiger partial charge in [-0.2, -0.15) is 0 Å². The summed E-state index contributed by atoms with van der Waals surface area (Å²) in [6.45, 7) is 0.0831. The zero-order valence-electron chi connectivity index (χ0n) is 24.8. The van der Waals surface area contributed by atoms with Gasteiger partial charge in [-0.3, -0.25) is 0 Å². The van der Waals surface area contributed by atoms with Crippen molar-refractivity contribution in [2.45, 2.75) is 38.0 Å². The maximum absolute atomic E-state index is 5.77. The second kappa shape index (κ2) is 10.6. The average Bonchev–Trinajstić information content (AvgIpc) is 3.08. The fraction of sp³-hybridized carbons (Fsp3) is 0.211. The number of nitrogens with zero attached hydrogens (tertiary/aromatic N) is 2. The smallest absolute Gasteiger partial charge is 0.252 e. The molecule has 212 valence electrons. The Kier molecular flexibility index (Phi) is 6.40. The van der Waals surface area contributed by atoms with Crippen molar-refractivity contribution in [3.8, 4) is 11.5 Å². The van der Waals surface area contributed by atoms with Gasteiger partial charge in [-0.15, -0.1) is 0 Å². The molecule has 43 heavy (non-hydrogen) atoms. The predicted molar refractivity (Wildman–Crippen MR) is 179 cm³/mol. The van der Waals surface area contributed by atoms with Gasteiger partial charge in [0.2, 0.25) is 0 Å². The lowest BCUT2D eigenvalue weighted by Gasteiger charge is -2.44. The van der Waals surface area contributed by atoms with Crippen LogP contribution in [0.25, 0.3) is 0 Å². The summed E-state index contributed by atoms with van der Waals surface area (Å²) in [5.74, 6) is 2.41. The molecule has 5 aromatic rings. The van der Waals surface area contributed by atoms with E-state index < -0.39 is 0 Å². The zero-order valence-corrected chi connectivity index (χ0v) is 24.8. The fourth-order valence-electron chi connectivity index (χ4n) is 7.61. The molecule has 3 aliphatic rings. The van der Waals surface area contributed by atoms with Crippen LogP contribution in [-0.2, 0) is 0 Å². The Morgan fingerprint density at radius 2 is 1.14 bits per heavy atom. The Balaban J connectivity index is 1.33. The van der Waals surface area contributed by atoms with E-state index in [1.807, 2.05) is 12.1 Å². The predicted octanol–water partition coefficient (Wildman–Crippen LogP) is 7.83. The fourth-order valence-corrected chi connectivity index (χ4v) is 7.61. The third kappa shape index (κ3) is 4.21. The molecule has 0 atom stereocenters. The minimum absolute atomic E-state index is 0.0831. The number of hydrogen-bond acceptors (Lipinski definition) is 4. The van der Waals surface area contributed by atoms with Gasteiger partial charge in [0.05, 0.1) is 14.2 Å². The highest BCUT2D eigenvalue weighted by atomic mass is 16.5. The lowest BCUT2D eigenvalue weighted by Crippen LogP contribution is -2.61. The first kappa shape index (κ1) is 26.0. The van der Waals surface area contributed by atoms with Crippen LogP contribution < -0.4 is 35.7 Å². The van der Waals surface area contributed by atoms with E-state index in [4.69, 9.17) is 9.47 Å². The van der Waals surface area contributed by atoms with Crippen molar-refractivity contribution in [3.05, 3.63) is 115 Å². The van der Waals surface area contributed by atoms with Crippen LogP contribution >= 0.6 is 0 Å². The van der Waals surface area contributed by atoms with E-state index in [1.165, 1.54) is 82.5 Å². The first-order valence-electron chi connectivity index (χ1n) is 15.5. The summed E-state index contributed by atoms with van der Waals surface area (Å²) in [7, 11) is 3.46. The maximum atomic E-state index is 5.77. The second-order valence-electron chi connectivity index (χ2n) is 11.9. The molecule has 2 heterocycles. The van der Waals surface area contributed by atoms with Crippen molar-refractivity contribution < 1.29 is 9.47 Å². The Morgan fingerprint density at radius 3 is 1.81 bits per heavy atom. The Labute approximate surface area is 254 Å². The molecule has 0 spiro atoms. The van der Waals surface area contributed by atoms with Gasteiger partial charge in [0.15, 0.2) is 0 Å². The van der Waals surface area contributed by atoms with Crippen molar-refractivity contribution in [2.24, 2.45) is 0 Å². The van der Waals surface area contributed by atoms with E-state index in [1.54, 1.807) is 14.2 Å².